The van der Waals surface area contributed by atoms with Crippen LogP contribution in [0.5, 0.6) is 0 Å². The molecule has 2 unspecified atom stereocenters. The van der Waals surface area contributed by atoms with Gasteiger partial charge in [0, 0.05) is 16.5 Å². The van der Waals surface area contributed by atoms with E-state index in [9.17, 15) is 0 Å². The maximum Gasteiger partial charge on any atom is 0.156 e. The van der Waals surface area contributed by atoms with E-state index < -0.39 is 0 Å². The first kappa shape index (κ1) is 14.6. The van der Waals surface area contributed by atoms with Gasteiger partial charge in [0.1, 0.15) is 0 Å². The van der Waals surface area contributed by atoms with Gasteiger partial charge in [-0.1, -0.05) is 32.0 Å². The van der Waals surface area contributed by atoms with Crippen molar-refractivity contribution >= 4 is 28.7 Å². The van der Waals surface area contributed by atoms with Gasteiger partial charge in [-0.2, -0.15) is 11.8 Å². The number of fused-ring (bicyclic) bond motifs is 1. The van der Waals surface area contributed by atoms with Crippen LogP contribution in [0.4, 0.5) is 0 Å². The van der Waals surface area contributed by atoms with Crippen molar-refractivity contribution in [3.63, 3.8) is 0 Å². The molecule has 2 nitrogen and oxygen atoms in total. The van der Waals surface area contributed by atoms with E-state index in [0.717, 1.165) is 18.5 Å². The number of rotatable bonds is 5. The zero-order valence-corrected chi connectivity index (χ0v) is 13.5. The van der Waals surface area contributed by atoms with Crippen molar-refractivity contribution in [3.8, 4) is 0 Å². The van der Waals surface area contributed by atoms with Crippen molar-refractivity contribution in [2.24, 2.45) is 10.9 Å². The summed E-state index contributed by atoms with van der Waals surface area (Å²) in [7, 11) is 0. The predicted octanol–water partition coefficient (Wildman–Crippen LogP) is 3.77. The van der Waals surface area contributed by atoms with Crippen LogP contribution < -0.4 is 5.32 Å². The molecule has 0 bridgehead atoms. The Morgan fingerprint density at radius 2 is 2.17 bits per heavy atom. The molecule has 0 radical (unpaired) electrons. The lowest BCUT2D eigenvalue weighted by atomic mass is 10.0. The lowest BCUT2D eigenvalue weighted by molar-refractivity contribution is 0.488. The summed E-state index contributed by atoms with van der Waals surface area (Å²) in [4.78, 5) is 4.88. The number of hydrogen-bond donors (Lipinski definition) is 1. The Bertz CT molecular complexity index is 292. The first-order valence-corrected chi connectivity index (χ1v) is 9.43. The smallest absolute Gasteiger partial charge is 0.156 e. The first-order chi connectivity index (χ1) is 8.73. The highest BCUT2D eigenvalue weighted by Crippen LogP contribution is 2.34. The SMILES string of the molecule is CCC(CC)(CN=C1NC2CCCC2CS1)SC. The molecule has 2 atom stereocenters. The molecule has 0 amide bonds. The molecule has 2 fully saturated rings. The molecule has 1 heterocycles. The quantitative estimate of drug-likeness (QED) is 0.832. The van der Waals surface area contributed by atoms with Crippen LogP contribution in [0.3, 0.4) is 0 Å². The molecule has 0 aromatic carbocycles. The Labute approximate surface area is 120 Å². The van der Waals surface area contributed by atoms with Gasteiger partial charge in [-0.3, -0.25) is 4.99 Å². The van der Waals surface area contributed by atoms with E-state index in [-0.39, 0.29) is 0 Å². The average Bonchev–Trinajstić information content (AvgIpc) is 2.88. The summed E-state index contributed by atoms with van der Waals surface area (Å²) in [6.45, 7) is 5.54. The topological polar surface area (TPSA) is 24.4 Å². The summed E-state index contributed by atoms with van der Waals surface area (Å²) in [5.74, 6) is 2.18. The minimum atomic E-state index is 0.349. The standard InChI is InChI=1S/C14H26N2S2/c1-4-14(5-2,17-3)10-15-13-16-12-8-6-7-11(12)9-18-13/h11-12H,4-10H2,1-3H3,(H,15,16). The molecule has 2 aliphatic rings. The van der Waals surface area contributed by atoms with Crippen LogP contribution >= 0.6 is 23.5 Å². The predicted molar refractivity (Wildman–Crippen MR) is 85.9 cm³/mol. The molecule has 0 aromatic heterocycles. The molecule has 0 aromatic rings. The average molecular weight is 287 g/mol. The highest BCUT2D eigenvalue weighted by molar-refractivity contribution is 8.13. The van der Waals surface area contributed by atoms with Gasteiger partial charge in [-0.15, -0.1) is 0 Å². The van der Waals surface area contributed by atoms with Crippen molar-refractivity contribution in [2.75, 3.05) is 18.6 Å². The maximum atomic E-state index is 4.88. The molecule has 1 aliphatic heterocycles. The minimum absolute atomic E-state index is 0.349. The fourth-order valence-corrected chi connectivity index (χ4v) is 4.88. The van der Waals surface area contributed by atoms with Crippen molar-refractivity contribution in [1.82, 2.24) is 5.32 Å². The second-order valence-electron chi connectivity index (χ2n) is 5.47. The van der Waals surface area contributed by atoms with E-state index in [0.29, 0.717) is 4.75 Å². The summed E-state index contributed by atoms with van der Waals surface area (Å²) in [6.07, 6.45) is 8.79. The summed E-state index contributed by atoms with van der Waals surface area (Å²) >= 11 is 3.92. The maximum absolute atomic E-state index is 4.88. The van der Waals surface area contributed by atoms with Gasteiger partial charge in [-0.05, 0) is 37.9 Å². The lowest BCUT2D eigenvalue weighted by Gasteiger charge is -2.31. The van der Waals surface area contributed by atoms with Crippen molar-refractivity contribution < 1.29 is 0 Å². The Hall–Kier alpha value is 0.170. The molecule has 18 heavy (non-hydrogen) atoms. The van der Waals surface area contributed by atoms with Crippen LogP contribution in [-0.2, 0) is 0 Å². The highest BCUT2D eigenvalue weighted by Gasteiger charge is 2.32. The third-order valence-corrected chi connectivity index (χ3v) is 7.32. The monoisotopic (exact) mass is 286 g/mol. The molecular formula is C14H26N2S2. The van der Waals surface area contributed by atoms with Gasteiger partial charge in [0.2, 0.25) is 0 Å². The highest BCUT2D eigenvalue weighted by atomic mass is 32.2. The van der Waals surface area contributed by atoms with E-state index in [2.05, 4.69) is 25.4 Å². The summed E-state index contributed by atoms with van der Waals surface area (Å²) in [6, 6.07) is 0.719. The van der Waals surface area contributed by atoms with Crippen molar-refractivity contribution in [3.05, 3.63) is 0 Å². The number of thioether (sulfide) groups is 2. The zero-order valence-electron chi connectivity index (χ0n) is 11.9. The largest absolute Gasteiger partial charge is 0.362 e. The lowest BCUT2D eigenvalue weighted by Crippen LogP contribution is -2.42. The Balaban J connectivity index is 1.93. The van der Waals surface area contributed by atoms with Gasteiger partial charge in [0.05, 0.1) is 6.54 Å². The van der Waals surface area contributed by atoms with E-state index in [1.54, 1.807) is 0 Å². The summed E-state index contributed by atoms with van der Waals surface area (Å²) < 4.78 is 0.349. The van der Waals surface area contributed by atoms with Gasteiger partial charge in [0.25, 0.3) is 0 Å². The summed E-state index contributed by atoms with van der Waals surface area (Å²) in [5, 5.41) is 4.87. The Morgan fingerprint density at radius 1 is 1.39 bits per heavy atom. The van der Waals surface area contributed by atoms with Crippen LogP contribution in [0, 0.1) is 5.92 Å². The van der Waals surface area contributed by atoms with E-state index in [1.807, 2.05) is 23.5 Å². The molecule has 104 valence electrons. The number of nitrogens with zero attached hydrogens (tertiary/aromatic N) is 1. The molecule has 4 heteroatoms. The third kappa shape index (κ3) is 3.19. The van der Waals surface area contributed by atoms with Crippen LogP contribution in [0.1, 0.15) is 46.0 Å². The number of amidine groups is 1. The van der Waals surface area contributed by atoms with Crippen molar-refractivity contribution in [2.45, 2.75) is 56.7 Å². The van der Waals surface area contributed by atoms with Crippen molar-refractivity contribution in [1.29, 1.82) is 0 Å². The first-order valence-electron chi connectivity index (χ1n) is 7.22. The molecule has 1 saturated carbocycles. The molecule has 1 N–H and O–H groups in total. The third-order valence-electron chi connectivity index (χ3n) is 4.63. The molecular weight excluding hydrogens is 260 g/mol. The second kappa shape index (κ2) is 6.56. The fraction of sp³-hybridized carbons (Fsp3) is 0.929. The normalized spacial score (nSPS) is 30.3. The number of aliphatic imine (C=N–C) groups is 1. The van der Waals surface area contributed by atoms with Gasteiger partial charge in [-0.25, -0.2) is 0 Å². The van der Waals surface area contributed by atoms with Gasteiger partial charge < -0.3 is 5.32 Å². The molecule has 1 aliphatic carbocycles. The van der Waals surface area contributed by atoms with E-state index in [1.165, 1.54) is 43.0 Å². The van der Waals surface area contributed by atoms with Gasteiger partial charge >= 0.3 is 0 Å². The van der Waals surface area contributed by atoms with Crippen LogP contribution in [0.2, 0.25) is 0 Å². The molecule has 0 spiro atoms. The fourth-order valence-electron chi connectivity index (χ4n) is 2.95. The Morgan fingerprint density at radius 3 is 2.83 bits per heavy atom. The number of nitrogens with one attached hydrogen (secondary N) is 1. The van der Waals surface area contributed by atoms with Crippen LogP contribution in [0.15, 0.2) is 4.99 Å². The summed E-state index contributed by atoms with van der Waals surface area (Å²) in [5.41, 5.74) is 0. The molecule has 1 saturated heterocycles. The van der Waals surface area contributed by atoms with Crippen LogP contribution in [-0.4, -0.2) is 34.5 Å². The molecule has 2 rings (SSSR count). The number of hydrogen-bond acceptors (Lipinski definition) is 3. The second-order valence-corrected chi connectivity index (χ2v) is 7.75. The minimum Gasteiger partial charge on any atom is -0.362 e. The van der Waals surface area contributed by atoms with E-state index >= 15 is 0 Å². The van der Waals surface area contributed by atoms with E-state index in [4.69, 9.17) is 4.99 Å². The van der Waals surface area contributed by atoms with Crippen LogP contribution in [0.25, 0.3) is 0 Å². The zero-order chi connectivity index (χ0) is 13.0. The Kier molecular flexibility index (Phi) is 5.31. The van der Waals surface area contributed by atoms with Gasteiger partial charge in [0.15, 0.2) is 5.17 Å².